The third-order valence-electron chi connectivity index (χ3n) is 6.78. The number of hydrogen-bond acceptors (Lipinski definition) is 3. The second-order valence-electron chi connectivity index (χ2n) is 9.02. The van der Waals surface area contributed by atoms with Crippen LogP contribution in [-0.2, 0) is 4.79 Å². The lowest BCUT2D eigenvalue weighted by Gasteiger charge is -2.30. The topological polar surface area (TPSA) is 35.9 Å². The molecule has 2 aromatic carbocycles. The van der Waals surface area contributed by atoms with Crippen LogP contribution < -0.4 is 0 Å². The third kappa shape index (κ3) is 4.83. The summed E-state index contributed by atoms with van der Waals surface area (Å²) in [6.07, 6.45) is 7.08. The molecule has 1 heterocycles. The van der Waals surface area contributed by atoms with Gasteiger partial charge in [0.05, 0.1) is 18.3 Å². The Morgan fingerprint density at radius 2 is 1.97 bits per heavy atom. The van der Waals surface area contributed by atoms with E-state index in [2.05, 4.69) is 43.5 Å². The number of aryl methyl sites for hydroxylation is 2. The summed E-state index contributed by atoms with van der Waals surface area (Å²) in [5, 5.41) is 6.37. The number of carbonyl (C=O) groups excluding carboxylic acids is 1. The predicted molar refractivity (Wildman–Crippen MR) is 127 cm³/mol. The predicted octanol–water partition coefficient (Wildman–Crippen LogP) is 5.55. The lowest BCUT2D eigenvalue weighted by atomic mass is 9.96. The fraction of sp³-hybridized carbons (Fsp3) is 0.407. The minimum Gasteiger partial charge on any atom is -0.288 e. The molecule has 2 aliphatic rings. The lowest BCUT2D eigenvalue weighted by molar-refractivity contribution is -0.134. The highest BCUT2D eigenvalue weighted by atomic mass is 19.1. The third-order valence-corrected chi connectivity index (χ3v) is 6.78. The van der Waals surface area contributed by atoms with Gasteiger partial charge in [0.25, 0.3) is 5.91 Å². The summed E-state index contributed by atoms with van der Waals surface area (Å²) < 4.78 is 14.0. The fourth-order valence-electron chi connectivity index (χ4n) is 4.83. The zero-order valence-electron chi connectivity index (χ0n) is 19.1. The number of nitrogens with zero attached hydrogens (tertiary/aromatic N) is 3. The normalized spacial score (nSPS) is 18.9. The van der Waals surface area contributed by atoms with E-state index in [1.165, 1.54) is 36.1 Å². The average molecular weight is 434 g/mol. The number of rotatable bonds is 7. The highest BCUT2D eigenvalue weighted by Gasteiger charge is 2.35. The second-order valence-corrected chi connectivity index (χ2v) is 9.02. The SMILES string of the molecule is C=CCN(CC(=O)N1N=C(c2ccc(C)c(C)c2)CC1c1cccc(F)c1)C1CCCC1. The lowest BCUT2D eigenvalue weighted by Crippen LogP contribution is -2.42. The molecule has 5 heteroatoms. The molecule has 4 rings (SSSR count). The summed E-state index contributed by atoms with van der Waals surface area (Å²) in [6.45, 7) is 9.02. The molecule has 0 spiro atoms. The van der Waals surface area contributed by atoms with Crippen LogP contribution in [0.4, 0.5) is 4.39 Å². The molecule has 0 saturated heterocycles. The Bertz CT molecular complexity index is 1030. The van der Waals surface area contributed by atoms with E-state index in [1.54, 1.807) is 11.1 Å². The van der Waals surface area contributed by atoms with Gasteiger partial charge in [0.1, 0.15) is 5.82 Å². The number of amides is 1. The van der Waals surface area contributed by atoms with Gasteiger partial charge in [-0.1, -0.05) is 43.2 Å². The summed E-state index contributed by atoms with van der Waals surface area (Å²) in [5.74, 6) is -0.347. The van der Waals surface area contributed by atoms with Crippen LogP contribution in [0.1, 0.15) is 60.4 Å². The van der Waals surface area contributed by atoms with Gasteiger partial charge in [-0.05, 0) is 67.1 Å². The molecule has 4 nitrogen and oxygen atoms in total. The van der Waals surface area contributed by atoms with Gasteiger partial charge in [0.2, 0.25) is 0 Å². The molecule has 0 radical (unpaired) electrons. The number of hydrogen-bond donors (Lipinski definition) is 0. The molecule has 1 saturated carbocycles. The van der Waals surface area contributed by atoms with Crippen LogP contribution in [0.3, 0.4) is 0 Å². The van der Waals surface area contributed by atoms with E-state index in [1.807, 2.05) is 12.1 Å². The summed E-state index contributed by atoms with van der Waals surface area (Å²) in [4.78, 5) is 15.7. The molecule has 2 aromatic rings. The number of hydrazone groups is 1. The summed E-state index contributed by atoms with van der Waals surface area (Å²) in [7, 11) is 0. The van der Waals surface area contributed by atoms with Gasteiger partial charge in [-0.15, -0.1) is 6.58 Å². The van der Waals surface area contributed by atoms with Gasteiger partial charge in [0, 0.05) is 19.0 Å². The van der Waals surface area contributed by atoms with Crippen molar-refractivity contribution in [3.63, 3.8) is 0 Å². The molecule has 1 amide bonds. The molecule has 0 N–H and O–H groups in total. The van der Waals surface area contributed by atoms with Crippen LogP contribution in [0.5, 0.6) is 0 Å². The first-order valence-corrected chi connectivity index (χ1v) is 11.5. The highest BCUT2D eigenvalue weighted by molar-refractivity contribution is 6.03. The van der Waals surface area contributed by atoms with E-state index >= 15 is 0 Å². The van der Waals surface area contributed by atoms with Gasteiger partial charge in [-0.3, -0.25) is 9.69 Å². The molecule has 1 aliphatic carbocycles. The van der Waals surface area contributed by atoms with E-state index < -0.39 is 0 Å². The van der Waals surface area contributed by atoms with E-state index in [0.29, 0.717) is 25.6 Å². The zero-order chi connectivity index (χ0) is 22.7. The van der Waals surface area contributed by atoms with Crippen molar-refractivity contribution in [1.82, 2.24) is 9.91 Å². The molecule has 32 heavy (non-hydrogen) atoms. The Balaban J connectivity index is 1.63. The Kier molecular flexibility index (Phi) is 6.85. The molecular weight excluding hydrogens is 401 g/mol. The largest absolute Gasteiger partial charge is 0.288 e. The summed E-state index contributed by atoms with van der Waals surface area (Å²) in [5.41, 5.74) is 5.07. The first-order chi connectivity index (χ1) is 15.5. The van der Waals surface area contributed by atoms with Crippen molar-refractivity contribution in [2.45, 2.75) is 58.0 Å². The van der Waals surface area contributed by atoms with E-state index in [9.17, 15) is 9.18 Å². The monoisotopic (exact) mass is 433 g/mol. The molecule has 1 unspecified atom stereocenters. The average Bonchev–Trinajstić information content (AvgIpc) is 3.46. The second kappa shape index (κ2) is 9.78. The van der Waals surface area contributed by atoms with Crippen LogP contribution in [0.15, 0.2) is 60.2 Å². The van der Waals surface area contributed by atoms with Gasteiger partial charge >= 0.3 is 0 Å². The standard InChI is InChI=1S/C27H32FN3O/c1-4-14-30(24-10-5-6-11-24)18-27(32)31-26(22-8-7-9-23(28)16-22)17-25(29-31)21-13-12-19(2)20(3)15-21/h4,7-9,12-13,15-16,24,26H,1,5-6,10-11,14,17-18H2,2-3H3. The maximum absolute atomic E-state index is 14.0. The van der Waals surface area contributed by atoms with Crippen molar-refractivity contribution in [3.05, 3.63) is 83.2 Å². The van der Waals surface area contributed by atoms with Gasteiger partial charge < -0.3 is 0 Å². The van der Waals surface area contributed by atoms with Crippen molar-refractivity contribution in [2.75, 3.05) is 13.1 Å². The molecule has 1 fully saturated rings. The van der Waals surface area contributed by atoms with Gasteiger partial charge in [0.15, 0.2) is 0 Å². The van der Waals surface area contributed by atoms with Crippen LogP contribution in [0.2, 0.25) is 0 Å². The van der Waals surface area contributed by atoms with Crippen molar-refractivity contribution in [2.24, 2.45) is 5.10 Å². The molecular formula is C27H32FN3O. The first kappa shape index (κ1) is 22.4. The van der Waals surface area contributed by atoms with E-state index in [-0.39, 0.29) is 17.8 Å². The quantitative estimate of drug-likeness (QED) is 0.537. The molecule has 168 valence electrons. The Hall–Kier alpha value is -2.79. The Labute approximate surface area is 190 Å². The zero-order valence-corrected chi connectivity index (χ0v) is 19.1. The van der Waals surface area contributed by atoms with Crippen molar-refractivity contribution in [1.29, 1.82) is 0 Å². The Morgan fingerprint density at radius 1 is 1.19 bits per heavy atom. The van der Waals surface area contributed by atoms with Crippen LogP contribution in [-0.4, -0.2) is 40.7 Å². The maximum atomic E-state index is 14.0. The van der Waals surface area contributed by atoms with Crippen LogP contribution in [0, 0.1) is 19.7 Å². The minimum absolute atomic E-state index is 0.0492. The van der Waals surface area contributed by atoms with Gasteiger partial charge in [-0.25, -0.2) is 9.40 Å². The smallest absolute Gasteiger partial charge is 0.257 e. The maximum Gasteiger partial charge on any atom is 0.257 e. The van der Waals surface area contributed by atoms with Crippen LogP contribution in [0.25, 0.3) is 0 Å². The number of carbonyl (C=O) groups is 1. The molecule has 0 bridgehead atoms. The van der Waals surface area contributed by atoms with E-state index in [0.717, 1.165) is 29.7 Å². The van der Waals surface area contributed by atoms with Crippen LogP contribution >= 0.6 is 0 Å². The first-order valence-electron chi connectivity index (χ1n) is 11.5. The van der Waals surface area contributed by atoms with Crippen molar-refractivity contribution < 1.29 is 9.18 Å². The van der Waals surface area contributed by atoms with Crippen molar-refractivity contribution in [3.8, 4) is 0 Å². The fourth-order valence-corrected chi connectivity index (χ4v) is 4.83. The van der Waals surface area contributed by atoms with Crippen molar-refractivity contribution >= 4 is 11.6 Å². The highest BCUT2D eigenvalue weighted by Crippen LogP contribution is 2.34. The molecule has 1 atom stereocenters. The summed E-state index contributed by atoms with van der Waals surface area (Å²) in [6, 6.07) is 12.9. The summed E-state index contributed by atoms with van der Waals surface area (Å²) >= 11 is 0. The molecule has 1 aliphatic heterocycles. The number of benzene rings is 2. The Morgan fingerprint density at radius 3 is 2.66 bits per heavy atom. The van der Waals surface area contributed by atoms with E-state index in [4.69, 9.17) is 5.10 Å². The van der Waals surface area contributed by atoms with Gasteiger partial charge in [-0.2, -0.15) is 5.10 Å². The number of halogens is 1. The molecule has 0 aromatic heterocycles. The minimum atomic E-state index is -0.302.